The van der Waals surface area contributed by atoms with Gasteiger partial charge in [-0.15, -0.1) is 0 Å². The highest BCUT2D eigenvalue weighted by molar-refractivity contribution is 9.10. The van der Waals surface area contributed by atoms with Gasteiger partial charge in [-0.1, -0.05) is 15.9 Å². The maximum atomic E-state index is 3.56. The Bertz CT molecular complexity index is 392. The monoisotopic (exact) mass is 296 g/mol. The second-order valence-corrected chi connectivity index (χ2v) is 5.84. The lowest BCUT2D eigenvalue weighted by Crippen LogP contribution is -2.46. The molecule has 0 spiro atoms. The standard InChI is InChI=1S/C14H21BrN2/c1-10-8-13(4-5-14(10)15)17-7-6-12(16-3)9-11(17)2/h4-5,8,11-12,16H,6-7,9H2,1-3H3. The zero-order valence-electron chi connectivity index (χ0n) is 10.8. The number of anilines is 1. The second kappa shape index (κ2) is 5.40. The highest BCUT2D eigenvalue weighted by atomic mass is 79.9. The number of piperidine rings is 1. The number of aryl methyl sites for hydroxylation is 1. The van der Waals surface area contributed by atoms with Crippen molar-refractivity contribution in [1.29, 1.82) is 0 Å². The summed E-state index contributed by atoms with van der Waals surface area (Å²) in [6, 6.07) is 7.94. The van der Waals surface area contributed by atoms with E-state index in [1.54, 1.807) is 0 Å². The van der Waals surface area contributed by atoms with Gasteiger partial charge in [0.2, 0.25) is 0 Å². The van der Waals surface area contributed by atoms with Crippen LogP contribution in [0.1, 0.15) is 25.3 Å². The van der Waals surface area contributed by atoms with E-state index >= 15 is 0 Å². The fraction of sp³-hybridized carbons (Fsp3) is 0.571. The molecule has 94 valence electrons. The number of nitrogens with one attached hydrogen (secondary N) is 1. The van der Waals surface area contributed by atoms with Crippen LogP contribution in [0.3, 0.4) is 0 Å². The first kappa shape index (κ1) is 12.9. The van der Waals surface area contributed by atoms with Gasteiger partial charge in [0.15, 0.2) is 0 Å². The first-order valence-corrected chi connectivity index (χ1v) is 7.11. The van der Waals surface area contributed by atoms with E-state index in [4.69, 9.17) is 0 Å². The van der Waals surface area contributed by atoms with Crippen LogP contribution in [0.4, 0.5) is 5.69 Å². The molecule has 1 aliphatic rings. The van der Waals surface area contributed by atoms with Gasteiger partial charge in [-0.3, -0.25) is 0 Å². The van der Waals surface area contributed by atoms with Crippen molar-refractivity contribution in [3.8, 4) is 0 Å². The molecule has 1 aliphatic heterocycles. The number of rotatable bonds is 2. The highest BCUT2D eigenvalue weighted by Gasteiger charge is 2.24. The van der Waals surface area contributed by atoms with Gasteiger partial charge < -0.3 is 10.2 Å². The van der Waals surface area contributed by atoms with Crippen molar-refractivity contribution in [3.05, 3.63) is 28.2 Å². The summed E-state index contributed by atoms with van der Waals surface area (Å²) in [7, 11) is 2.07. The smallest absolute Gasteiger partial charge is 0.0372 e. The molecule has 0 saturated carbocycles. The van der Waals surface area contributed by atoms with Crippen molar-refractivity contribution in [2.24, 2.45) is 0 Å². The van der Waals surface area contributed by atoms with Gasteiger partial charge in [0.1, 0.15) is 0 Å². The van der Waals surface area contributed by atoms with Crippen molar-refractivity contribution in [2.45, 2.75) is 38.8 Å². The zero-order chi connectivity index (χ0) is 12.4. The largest absolute Gasteiger partial charge is 0.369 e. The molecule has 1 aromatic rings. The topological polar surface area (TPSA) is 15.3 Å². The van der Waals surface area contributed by atoms with Crippen molar-refractivity contribution < 1.29 is 0 Å². The summed E-state index contributed by atoms with van der Waals surface area (Å²) in [6.45, 7) is 5.62. The Balaban J connectivity index is 2.14. The molecule has 2 atom stereocenters. The minimum atomic E-state index is 0.613. The number of hydrogen-bond acceptors (Lipinski definition) is 2. The van der Waals surface area contributed by atoms with Gasteiger partial charge >= 0.3 is 0 Å². The summed E-state index contributed by atoms with van der Waals surface area (Å²) in [5, 5.41) is 3.39. The molecule has 2 nitrogen and oxygen atoms in total. The molecule has 1 aromatic carbocycles. The molecule has 0 aliphatic carbocycles. The lowest BCUT2D eigenvalue weighted by atomic mass is 9.97. The molecule has 0 amide bonds. The van der Waals surface area contributed by atoms with E-state index in [0.717, 1.165) is 6.54 Å². The van der Waals surface area contributed by atoms with Crippen LogP contribution in [0.25, 0.3) is 0 Å². The van der Waals surface area contributed by atoms with E-state index in [1.807, 2.05) is 0 Å². The molecule has 17 heavy (non-hydrogen) atoms. The van der Waals surface area contributed by atoms with Crippen molar-refractivity contribution in [3.63, 3.8) is 0 Å². The van der Waals surface area contributed by atoms with E-state index in [2.05, 4.69) is 65.2 Å². The van der Waals surface area contributed by atoms with E-state index in [1.165, 1.54) is 28.6 Å². The Labute approximate surface area is 113 Å². The average Bonchev–Trinajstić information content (AvgIpc) is 2.32. The third-order valence-corrected chi connectivity index (χ3v) is 4.65. The quantitative estimate of drug-likeness (QED) is 0.900. The van der Waals surface area contributed by atoms with Crippen LogP contribution in [0.2, 0.25) is 0 Å². The number of nitrogens with zero attached hydrogens (tertiary/aromatic N) is 1. The van der Waals surface area contributed by atoms with E-state index in [-0.39, 0.29) is 0 Å². The number of hydrogen-bond donors (Lipinski definition) is 1. The molecule has 2 rings (SSSR count). The third-order valence-electron chi connectivity index (χ3n) is 3.76. The Kier molecular flexibility index (Phi) is 4.10. The SMILES string of the molecule is CNC1CCN(c2ccc(Br)c(C)c2)C(C)C1. The molecule has 0 radical (unpaired) electrons. The van der Waals surface area contributed by atoms with Crippen LogP contribution in [-0.2, 0) is 0 Å². The third kappa shape index (κ3) is 2.83. The molecule has 0 aromatic heterocycles. The predicted molar refractivity (Wildman–Crippen MR) is 77.8 cm³/mol. The van der Waals surface area contributed by atoms with Crippen molar-refractivity contribution in [2.75, 3.05) is 18.5 Å². The summed E-state index contributed by atoms with van der Waals surface area (Å²) in [5.74, 6) is 0. The van der Waals surface area contributed by atoms with Gasteiger partial charge in [-0.25, -0.2) is 0 Å². The van der Waals surface area contributed by atoms with Crippen molar-refractivity contribution in [1.82, 2.24) is 5.32 Å². The summed E-state index contributed by atoms with van der Waals surface area (Å²) in [4.78, 5) is 2.52. The minimum absolute atomic E-state index is 0.613. The van der Waals surface area contributed by atoms with E-state index < -0.39 is 0 Å². The lowest BCUT2D eigenvalue weighted by molar-refractivity contribution is 0.387. The zero-order valence-corrected chi connectivity index (χ0v) is 12.4. The molecule has 1 saturated heterocycles. The molecular weight excluding hydrogens is 276 g/mol. The molecule has 1 N–H and O–H groups in total. The molecule has 0 bridgehead atoms. The van der Waals surface area contributed by atoms with Gasteiger partial charge in [0.25, 0.3) is 0 Å². The maximum Gasteiger partial charge on any atom is 0.0372 e. The minimum Gasteiger partial charge on any atom is -0.369 e. The Hall–Kier alpha value is -0.540. The van der Waals surface area contributed by atoms with E-state index in [9.17, 15) is 0 Å². The Morgan fingerprint density at radius 3 is 2.76 bits per heavy atom. The van der Waals surface area contributed by atoms with Crippen LogP contribution >= 0.6 is 15.9 Å². The lowest BCUT2D eigenvalue weighted by Gasteiger charge is -2.39. The van der Waals surface area contributed by atoms with Gasteiger partial charge in [-0.2, -0.15) is 0 Å². The van der Waals surface area contributed by atoms with Crippen LogP contribution < -0.4 is 10.2 Å². The fourth-order valence-corrected chi connectivity index (χ4v) is 2.87. The summed E-state index contributed by atoms with van der Waals surface area (Å²) in [5.41, 5.74) is 2.66. The summed E-state index contributed by atoms with van der Waals surface area (Å²) in [6.07, 6.45) is 2.46. The average molecular weight is 297 g/mol. The highest BCUT2D eigenvalue weighted by Crippen LogP contribution is 2.28. The molecule has 3 heteroatoms. The first-order chi connectivity index (χ1) is 8.11. The summed E-state index contributed by atoms with van der Waals surface area (Å²) < 4.78 is 1.19. The maximum absolute atomic E-state index is 3.56. The second-order valence-electron chi connectivity index (χ2n) is 4.99. The molecule has 1 fully saturated rings. The Morgan fingerprint density at radius 2 is 2.18 bits per heavy atom. The van der Waals surface area contributed by atoms with Gasteiger partial charge in [-0.05, 0) is 57.5 Å². The number of benzene rings is 1. The Morgan fingerprint density at radius 1 is 1.41 bits per heavy atom. The molecule has 2 unspecified atom stereocenters. The van der Waals surface area contributed by atoms with Crippen LogP contribution in [0.15, 0.2) is 22.7 Å². The predicted octanol–water partition coefficient (Wildman–Crippen LogP) is 3.33. The van der Waals surface area contributed by atoms with Crippen LogP contribution in [0.5, 0.6) is 0 Å². The normalized spacial score (nSPS) is 25.1. The van der Waals surface area contributed by atoms with Crippen molar-refractivity contribution >= 4 is 21.6 Å². The van der Waals surface area contributed by atoms with Gasteiger partial charge in [0.05, 0.1) is 0 Å². The van der Waals surface area contributed by atoms with Crippen LogP contribution in [0, 0.1) is 6.92 Å². The summed E-state index contributed by atoms with van der Waals surface area (Å²) >= 11 is 3.56. The van der Waals surface area contributed by atoms with Crippen LogP contribution in [-0.4, -0.2) is 25.7 Å². The van der Waals surface area contributed by atoms with Gasteiger partial charge in [0, 0.05) is 28.8 Å². The van der Waals surface area contributed by atoms with E-state index in [0.29, 0.717) is 12.1 Å². The number of halogens is 1. The fourth-order valence-electron chi connectivity index (χ4n) is 2.63. The first-order valence-electron chi connectivity index (χ1n) is 6.32. The molecular formula is C14H21BrN2. The molecule has 1 heterocycles.